The van der Waals surface area contributed by atoms with Crippen LogP contribution in [-0.2, 0) is 28.6 Å². The number of carbonyl (C=O) groups excluding carboxylic acids is 3. The minimum atomic E-state index is -1.35. The fraction of sp³-hybridized carbons (Fsp3) is 0.455. The van der Waals surface area contributed by atoms with Gasteiger partial charge in [-0.15, -0.1) is 0 Å². The number of nitriles is 3. The molecule has 0 rings (SSSR count). The predicted octanol–water partition coefficient (Wildman–Crippen LogP) is 0.676. The van der Waals surface area contributed by atoms with Crippen LogP contribution in [0, 0.1) is 39.4 Å². The lowest BCUT2D eigenvalue weighted by atomic mass is 9.88. The zero-order valence-corrected chi connectivity index (χ0v) is 27.7. The minimum Gasteiger partial charge on any atom is -0.461 e. The van der Waals surface area contributed by atoms with Gasteiger partial charge in [-0.1, -0.05) is 6.92 Å². The first-order valence-corrected chi connectivity index (χ1v) is 14.8. The third-order valence-electron chi connectivity index (χ3n) is 6.47. The third kappa shape index (κ3) is 17.3. The topological polar surface area (TPSA) is 221 Å². The Morgan fingerprint density at radius 1 is 0.604 bits per heavy atom. The molecule has 0 unspecified atom stereocenters. The van der Waals surface area contributed by atoms with Crippen molar-refractivity contribution < 1.29 is 43.9 Å². The van der Waals surface area contributed by atoms with Gasteiger partial charge in [0.1, 0.15) is 54.7 Å². The summed E-state index contributed by atoms with van der Waals surface area (Å²) in [6, 6.07) is 5.22. The molecule has 0 atom stereocenters. The van der Waals surface area contributed by atoms with E-state index < -0.39 is 43.1 Å². The first-order chi connectivity index (χ1) is 23.0. The average molecular weight is 669 g/mol. The number of allylic oxidation sites excluding steroid dienone is 6. The molecule has 0 saturated heterocycles. The molecule has 0 spiro atoms. The molecule has 0 fully saturated rings. The first-order valence-electron chi connectivity index (χ1n) is 14.8. The molecular formula is C33H44N6O9. The number of aliphatic hydroxyl groups is 3. The minimum absolute atomic E-state index is 0.0966. The second kappa shape index (κ2) is 24.8. The maximum absolute atomic E-state index is 12.8. The molecule has 0 amide bonds. The standard InChI is InChI=1S/C33H44N6O9/c1-5-33(24-46-30(43)27(21-34)9-6-12-37(2)15-18-40,25-47-31(44)28(22-35)10-7-13-38(3)16-19-41)26-48-32(45)29(23-36)11-8-14-39(4)17-20-42/h6-14,40-42H,5,15-20,24-26H2,1-4H3/b12-6+,13-7+,14-8+,27-9+,28-10+,29-11+. The second-order valence-electron chi connectivity index (χ2n) is 10.3. The molecule has 48 heavy (non-hydrogen) atoms. The van der Waals surface area contributed by atoms with Gasteiger partial charge in [-0.3, -0.25) is 0 Å². The maximum atomic E-state index is 12.8. The van der Waals surface area contributed by atoms with Crippen LogP contribution in [0.25, 0.3) is 0 Å². The lowest BCUT2D eigenvalue weighted by Gasteiger charge is -2.30. The van der Waals surface area contributed by atoms with Gasteiger partial charge in [0.05, 0.1) is 25.2 Å². The molecule has 0 saturated carbocycles. The van der Waals surface area contributed by atoms with Crippen LogP contribution in [0.15, 0.2) is 71.8 Å². The van der Waals surface area contributed by atoms with E-state index in [2.05, 4.69) is 0 Å². The zero-order valence-electron chi connectivity index (χ0n) is 27.7. The molecule has 0 aliphatic heterocycles. The Balaban J connectivity index is 6.13. The van der Waals surface area contributed by atoms with Crippen LogP contribution in [0.2, 0.25) is 0 Å². The highest BCUT2D eigenvalue weighted by Gasteiger charge is 2.35. The Morgan fingerprint density at radius 3 is 1.08 bits per heavy atom. The summed E-state index contributed by atoms with van der Waals surface area (Å²) in [7, 11) is 5.04. The smallest absolute Gasteiger partial charge is 0.348 e. The van der Waals surface area contributed by atoms with Gasteiger partial charge in [0.25, 0.3) is 0 Å². The predicted molar refractivity (Wildman–Crippen MR) is 173 cm³/mol. The van der Waals surface area contributed by atoms with E-state index in [0.29, 0.717) is 19.6 Å². The molecule has 3 N–H and O–H groups in total. The van der Waals surface area contributed by atoms with Crippen molar-refractivity contribution in [1.29, 1.82) is 15.8 Å². The van der Waals surface area contributed by atoms with E-state index in [4.69, 9.17) is 29.5 Å². The van der Waals surface area contributed by atoms with Crippen LogP contribution in [-0.4, -0.2) is 128 Å². The Morgan fingerprint density at radius 2 is 0.875 bits per heavy atom. The molecule has 260 valence electrons. The number of ether oxygens (including phenoxy) is 3. The van der Waals surface area contributed by atoms with Crippen LogP contribution >= 0.6 is 0 Å². The monoisotopic (exact) mass is 668 g/mol. The molecule has 0 heterocycles. The van der Waals surface area contributed by atoms with Crippen molar-refractivity contribution in [2.45, 2.75) is 13.3 Å². The molecule has 0 aliphatic carbocycles. The number of aliphatic hydroxyl groups excluding tert-OH is 3. The Kier molecular flexibility index (Phi) is 22.0. The summed E-state index contributed by atoms with van der Waals surface area (Å²) in [5.41, 5.74) is -2.43. The molecule has 15 nitrogen and oxygen atoms in total. The van der Waals surface area contributed by atoms with E-state index in [1.165, 1.54) is 55.1 Å². The summed E-state index contributed by atoms with van der Waals surface area (Å²) in [5, 5.41) is 55.5. The molecular weight excluding hydrogens is 624 g/mol. The van der Waals surface area contributed by atoms with E-state index >= 15 is 0 Å². The van der Waals surface area contributed by atoms with Crippen LogP contribution in [0.1, 0.15) is 13.3 Å². The number of likely N-dealkylation sites (N-methyl/N-ethyl adjacent to an activating group) is 3. The van der Waals surface area contributed by atoms with Gasteiger partial charge in [-0.25, -0.2) is 14.4 Å². The zero-order chi connectivity index (χ0) is 36.4. The van der Waals surface area contributed by atoms with Crippen molar-refractivity contribution in [1.82, 2.24) is 14.7 Å². The number of hydrogen-bond acceptors (Lipinski definition) is 15. The molecule has 0 aromatic rings. The van der Waals surface area contributed by atoms with Gasteiger partial charge in [0.2, 0.25) is 0 Å². The molecule has 0 aromatic carbocycles. The summed E-state index contributed by atoms with van der Waals surface area (Å²) in [6.07, 6.45) is 12.6. The van der Waals surface area contributed by atoms with Gasteiger partial charge >= 0.3 is 17.9 Å². The normalized spacial score (nSPS) is 12.4. The summed E-state index contributed by atoms with van der Waals surface area (Å²) in [4.78, 5) is 43.2. The lowest BCUT2D eigenvalue weighted by Crippen LogP contribution is -2.39. The number of carbonyl (C=O) groups is 3. The van der Waals surface area contributed by atoms with Gasteiger partial charge in [-0.05, 0) is 61.5 Å². The van der Waals surface area contributed by atoms with Crippen LogP contribution < -0.4 is 0 Å². The quantitative estimate of drug-likeness (QED) is 0.0475. The lowest BCUT2D eigenvalue weighted by molar-refractivity contribution is -0.156. The number of nitrogens with zero attached hydrogens (tertiary/aromatic N) is 6. The Bertz CT molecular complexity index is 1200. The van der Waals surface area contributed by atoms with Gasteiger partial charge in [0.15, 0.2) is 0 Å². The molecule has 15 heteroatoms. The van der Waals surface area contributed by atoms with Crippen molar-refractivity contribution >= 4 is 17.9 Å². The van der Waals surface area contributed by atoms with Crippen LogP contribution in [0.4, 0.5) is 0 Å². The average Bonchev–Trinajstić information content (AvgIpc) is 3.07. The number of hydrogen-bond donors (Lipinski definition) is 3. The van der Waals surface area contributed by atoms with Crippen LogP contribution in [0.5, 0.6) is 0 Å². The highest BCUT2D eigenvalue weighted by atomic mass is 16.6. The van der Waals surface area contributed by atoms with Crippen molar-refractivity contribution in [3.8, 4) is 18.2 Å². The van der Waals surface area contributed by atoms with E-state index in [1.54, 1.807) is 61.0 Å². The van der Waals surface area contributed by atoms with Crippen molar-refractivity contribution in [3.63, 3.8) is 0 Å². The van der Waals surface area contributed by atoms with Gasteiger partial charge in [-0.2, -0.15) is 15.8 Å². The summed E-state index contributed by atoms with van der Waals surface area (Å²) in [5.74, 6) is -3.02. The highest BCUT2D eigenvalue weighted by Crippen LogP contribution is 2.26. The van der Waals surface area contributed by atoms with E-state index in [9.17, 15) is 30.2 Å². The largest absolute Gasteiger partial charge is 0.461 e. The Labute approximate surface area is 281 Å². The van der Waals surface area contributed by atoms with Gasteiger partial charge < -0.3 is 44.2 Å². The fourth-order valence-corrected chi connectivity index (χ4v) is 3.33. The molecule has 0 radical (unpaired) electrons. The Hall–Kier alpha value is -5.40. The number of rotatable bonds is 22. The fourth-order valence-electron chi connectivity index (χ4n) is 3.33. The van der Waals surface area contributed by atoms with E-state index in [1.807, 2.05) is 0 Å². The third-order valence-corrected chi connectivity index (χ3v) is 6.47. The SMILES string of the molecule is CCC(COC(=O)/C(C#N)=C/C=C/N(C)CCO)(COC(=O)/C(C#N)=C/C=C/N(C)CCO)COC(=O)/C(C#N)=C/C=C/N(C)CCO. The van der Waals surface area contributed by atoms with Gasteiger partial charge in [0, 0.05) is 40.8 Å². The highest BCUT2D eigenvalue weighted by molar-refractivity contribution is 5.94. The summed E-state index contributed by atoms with van der Waals surface area (Å²) in [6.45, 7) is 0.895. The second-order valence-corrected chi connectivity index (χ2v) is 10.3. The molecule has 0 aliphatic rings. The van der Waals surface area contributed by atoms with Crippen molar-refractivity contribution in [2.75, 3.05) is 80.4 Å². The summed E-state index contributed by atoms with van der Waals surface area (Å²) >= 11 is 0. The van der Waals surface area contributed by atoms with E-state index in [0.717, 1.165) is 0 Å². The van der Waals surface area contributed by atoms with E-state index in [-0.39, 0.29) is 43.0 Å². The number of esters is 3. The maximum Gasteiger partial charge on any atom is 0.348 e. The first kappa shape index (κ1) is 42.6. The molecule has 0 aromatic heterocycles. The summed E-state index contributed by atoms with van der Waals surface area (Å²) < 4.78 is 16.2. The molecule has 0 bridgehead atoms. The van der Waals surface area contributed by atoms with Crippen LogP contribution in [0.3, 0.4) is 0 Å². The van der Waals surface area contributed by atoms with Crippen molar-refractivity contribution in [3.05, 3.63) is 71.8 Å². The van der Waals surface area contributed by atoms with Crippen molar-refractivity contribution in [2.24, 2.45) is 5.41 Å².